The highest BCUT2D eigenvalue weighted by atomic mass is 32.2. The van der Waals surface area contributed by atoms with E-state index in [1.807, 2.05) is 57.2 Å². The number of hydrogen-bond acceptors (Lipinski definition) is 4. The largest absolute Gasteiger partial charge is 0.494 e. The van der Waals surface area contributed by atoms with Crippen molar-refractivity contribution >= 4 is 21.6 Å². The first-order chi connectivity index (χ1) is 15.3. The van der Waals surface area contributed by atoms with Gasteiger partial charge in [-0.2, -0.15) is 0 Å². The molecule has 3 rings (SSSR count). The number of nitrogens with one attached hydrogen (secondary N) is 1. The van der Waals surface area contributed by atoms with Crippen LogP contribution in [0.1, 0.15) is 23.6 Å². The van der Waals surface area contributed by atoms with E-state index in [-0.39, 0.29) is 17.3 Å². The molecule has 1 amide bonds. The molecule has 1 N–H and O–H groups in total. The number of benzene rings is 3. The van der Waals surface area contributed by atoms with E-state index in [2.05, 4.69) is 5.32 Å². The summed E-state index contributed by atoms with van der Waals surface area (Å²) in [7, 11) is -3.97. The topological polar surface area (TPSA) is 75.7 Å². The van der Waals surface area contributed by atoms with Gasteiger partial charge in [0.15, 0.2) is 0 Å². The van der Waals surface area contributed by atoms with Crippen molar-refractivity contribution in [3.8, 4) is 5.75 Å². The Morgan fingerprint density at radius 1 is 0.875 bits per heavy atom. The Morgan fingerprint density at radius 2 is 1.44 bits per heavy atom. The zero-order valence-corrected chi connectivity index (χ0v) is 19.4. The monoisotopic (exact) mass is 452 g/mol. The molecular weight excluding hydrogens is 424 g/mol. The molecule has 168 valence electrons. The highest BCUT2D eigenvalue weighted by molar-refractivity contribution is 7.92. The first-order valence-corrected chi connectivity index (χ1v) is 11.9. The van der Waals surface area contributed by atoms with Crippen molar-refractivity contribution in [2.24, 2.45) is 0 Å². The smallest absolute Gasteiger partial charge is 0.264 e. The minimum absolute atomic E-state index is 0.0906. The van der Waals surface area contributed by atoms with Crippen LogP contribution in [-0.2, 0) is 21.4 Å². The second kappa shape index (κ2) is 10.3. The lowest BCUT2D eigenvalue weighted by atomic mass is 10.1. The van der Waals surface area contributed by atoms with E-state index in [9.17, 15) is 13.2 Å². The van der Waals surface area contributed by atoms with Gasteiger partial charge in [-0.1, -0.05) is 47.5 Å². The number of aryl methyl sites for hydroxylation is 2. The summed E-state index contributed by atoms with van der Waals surface area (Å²) in [6.45, 7) is 6.26. The van der Waals surface area contributed by atoms with Crippen molar-refractivity contribution in [3.63, 3.8) is 0 Å². The molecule has 0 aliphatic heterocycles. The predicted molar refractivity (Wildman–Crippen MR) is 126 cm³/mol. The Bertz CT molecular complexity index is 1140. The standard InChI is InChI=1S/C25H28N2O4S/c1-4-31-23-13-15-24(16-14-23)32(29,30)27(22-11-7-20(3)8-12-22)18-25(28)26-17-21-9-5-19(2)6-10-21/h5-16H,4,17-18H2,1-3H3,(H,26,28). The first kappa shape index (κ1) is 23.3. The minimum Gasteiger partial charge on any atom is -0.494 e. The summed E-state index contributed by atoms with van der Waals surface area (Å²) in [5.41, 5.74) is 3.50. The van der Waals surface area contributed by atoms with Gasteiger partial charge in [-0.25, -0.2) is 8.42 Å². The Balaban J connectivity index is 1.83. The SMILES string of the molecule is CCOc1ccc(S(=O)(=O)N(CC(=O)NCc2ccc(C)cc2)c2ccc(C)cc2)cc1. The summed E-state index contributed by atoms with van der Waals surface area (Å²) in [5, 5.41) is 2.81. The minimum atomic E-state index is -3.97. The molecule has 6 nitrogen and oxygen atoms in total. The van der Waals surface area contributed by atoms with Crippen LogP contribution in [0, 0.1) is 13.8 Å². The van der Waals surface area contributed by atoms with Crippen molar-refractivity contribution < 1.29 is 17.9 Å². The van der Waals surface area contributed by atoms with E-state index in [0.717, 1.165) is 21.0 Å². The van der Waals surface area contributed by atoms with Gasteiger partial charge in [0, 0.05) is 6.54 Å². The van der Waals surface area contributed by atoms with Crippen LogP contribution in [0.5, 0.6) is 5.75 Å². The van der Waals surface area contributed by atoms with E-state index in [4.69, 9.17) is 4.74 Å². The number of carbonyl (C=O) groups is 1. The molecule has 0 aliphatic carbocycles. The highest BCUT2D eigenvalue weighted by Crippen LogP contribution is 2.25. The fraction of sp³-hybridized carbons (Fsp3) is 0.240. The average Bonchev–Trinajstić information content (AvgIpc) is 2.78. The van der Waals surface area contributed by atoms with Crippen molar-refractivity contribution in [1.82, 2.24) is 5.32 Å². The summed E-state index contributed by atoms with van der Waals surface area (Å²) in [6, 6.07) is 21.1. The molecule has 7 heteroatoms. The summed E-state index contributed by atoms with van der Waals surface area (Å²) < 4.78 is 33.4. The zero-order valence-electron chi connectivity index (χ0n) is 18.5. The molecule has 0 atom stereocenters. The van der Waals surface area contributed by atoms with Gasteiger partial charge in [-0.05, 0) is 62.7 Å². The number of amides is 1. The normalized spacial score (nSPS) is 11.1. The lowest BCUT2D eigenvalue weighted by Crippen LogP contribution is -2.40. The second-order valence-electron chi connectivity index (χ2n) is 7.51. The fourth-order valence-electron chi connectivity index (χ4n) is 3.12. The molecule has 0 aliphatic rings. The molecule has 0 saturated carbocycles. The Hall–Kier alpha value is -3.32. The van der Waals surface area contributed by atoms with Gasteiger partial charge in [0.05, 0.1) is 17.2 Å². The van der Waals surface area contributed by atoms with Gasteiger partial charge in [-0.3, -0.25) is 9.10 Å². The van der Waals surface area contributed by atoms with Gasteiger partial charge in [0.2, 0.25) is 5.91 Å². The third kappa shape index (κ3) is 5.88. The van der Waals surface area contributed by atoms with Gasteiger partial charge >= 0.3 is 0 Å². The maximum absolute atomic E-state index is 13.4. The molecule has 0 saturated heterocycles. The summed E-state index contributed by atoms with van der Waals surface area (Å²) in [4.78, 5) is 12.8. The number of hydrogen-bond donors (Lipinski definition) is 1. The van der Waals surface area contributed by atoms with Crippen molar-refractivity contribution in [2.45, 2.75) is 32.2 Å². The van der Waals surface area contributed by atoms with Crippen LogP contribution in [-0.4, -0.2) is 27.5 Å². The van der Waals surface area contributed by atoms with Gasteiger partial charge in [0.25, 0.3) is 10.0 Å². The van der Waals surface area contributed by atoms with Crippen molar-refractivity contribution in [1.29, 1.82) is 0 Å². The summed E-state index contributed by atoms with van der Waals surface area (Å²) in [5.74, 6) is 0.199. The highest BCUT2D eigenvalue weighted by Gasteiger charge is 2.27. The Morgan fingerprint density at radius 3 is 2.00 bits per heavy atom. The molecule has 0 heterocycles. The lowest BCUT2D eigenvalue weighted by Gasteiger charge is -2.24. The number of anilines is 1. The first-order valence-electron chi connectivity index (χ1n) is 10.4. The van der Waals surface area contributed by atoms with Crippen LogP contribution in [0.4, 0.5) is 5.69 Å². The van der Waals surface area contributed by atoms with Crippen molar-refractivity contribution in [2.75, 3.05) is 17.5 Å². The van der Waals surface area contributed by atoms with Gasteiger partial charge < -0.3 is 10.1 Å². The van der Waals surface area contributed by atoms with E-state index >= 15 is 0 Å². The van der Waals surface area contributed by atoms with Gasteiger partial charge in [-0.15, -0.1) is 0 Å². The average molecular weight is 453 g/mol. The Kier molecular flexibility index (Phi) is 7.53. The van der Waals surface area contributed by atoms with E-state index < -0.39 is 10.0 Å². The van der Waals surface area contributed by atoms with Crippen LogP contribution in [0.2, 0.25) is 0 Å². The molecule has 0 aromatic heterocycles. The van der Waals surface area contributed by atoms with Crippen LogP contribution < -0.4 is 14.4 Å². The number of nitrogens with zero attached hydrogens (tertiary/aromatic N) is 1. The molecule has 0 fully saturated rings. The quantitative estimate of drug-likeness (QED) is 0.528. The summed E-state index contributed by atoms with van der Waals surface area (Å²) >= 11 is 0. The van der Waals surface area contributed by atoms with Crippen molar-refractivity contribution in [3.05, 3.63) is 89.5 Å². The van der Waals surface area contributed by atoms with Crippen LogP contribution >= 0.6 is 0 Å². The van der Waals surface area contributed by atoms with E-state index in [0.29, 0.717) is 24.6 Å². The molecule has 0 radical (unpaired) electrons. The maximum Gasteiger partial charge on any atom is 0.264 e. The third-order valence-corrected chi connectivity index (χ3v) is 6.73. The number of carbonyl (C=O) groups excluding carboxylic acids is 1. The molecule has 3 aromatic rings. The molecule has 3 aromatic carbocycles. The predicted octanol–water partition coefficient (Wildman–Crippen LogP) is 4.21. The molecule has 32 heavy (non-hydrogen) atoms. The Labute approximate surface area is 189 Å². The van der Waals surface area contributed by atoms with Crippen LogP contribution in [0.25, 0.3) is 0 Å². The molecule has 0 unspecified atom stereocenters. The number of rotatable bonds is 9. The molecule has 0 spiro atoms. The lowest BCUT2D eigenvalue weighted by molar-refractivity contribution is -0.119. The second-order valence-corrected chi connectivity index (χ2v) is 9.38. The molecular formula is C25H28N2O4S. The van der Waals surface area contributed by atoms with Gasteiger partial charge in [0.1, 0.15) is 12.3 Å². The number of ether oxygens (including phenoxy) is 1. The fourth-order valence-corrected chi connectivity index (χ4v) is 4.54. The molecule has 0 bridgehead atoms. The van der Waals surface area contributed by atoms with Crippen LogP contribution in [0.15, 0.2) is 77.7 Å². The maximum atomic E-state index is 13.4. The van der Waals surface area contributed by atoms with Crippen LogP contribution in [0.3, 0.4) is 0 Å². The van der Waals surface area contributed by atoms with E-state index in [1.54, 1.807) is 24.3 Å². The summed E-state index contributed by atoms with van der Waals surface area (Å²) in [6.07, 6.45) is 0. The van der Waals surface area contributed by atoms with E-state index in [1.165, 1.54) is 12.1 Å². The zero-order chi connectivity index (χ0) is 23.1. The third-order valence-electron chi connectivity index (χ3n) is 4.94. The number of sulfonamides is 1.